The molecule has 0 unspecified atom stereocenters. The molecule has 184 valence electrons. The highest BCUT2D eigenvalue weighted by molar-refractivity contribution is 6.74. The minimum Gasteiger partial charge on any atom is -0.414 e. The molecule has 2 saturated carbocycles. The molecule has 2 aliphatic rings. The lowest BCUT2D eigenvalue weighted by molar-refractivity contribution is -0.191. The summed E-state index contributed by atoms with van der Waals surface area (Å²) >= 11 is 0. The van der Waals surface area contributed by atoms with Crippen LogP contribution in [-0.4, -0.2) is 87.8 Å². The summed E-state index contributed by atoms with van der Waals surface area (Å²) in [6.45, 7) is 13.1. The zero-order valence-corrected chi connectivity index (χ0v) is 20.6. The summed E-state index contributed by atoms with van der Waals surface area (Å²) in [5.74, 6) is 0.408. The number of aliphatic hydroxyl groups excluding tert-OH is 5. The largest absolute Gasteiger partial charge is 0.414 e. The van der Waals surface area contributed by atoms with Crippen LogP contribution < -0.4 is 0 Å². The smallest absolute Gasteiger partial charge is 0.373 e. The van der Waals surface area contributed by atoms with E-state index in [9.17, 15) is 10.2 Å². The van der Waals surface area contributed by atoms with Gasteiger partial charge >= 0.3 is 6.15 Å². The number of rotatable bonds is 3. The molecule has 6 N–H and O–H groups in total. The van der Waals surface area contributed by atoms with Crippen LogP contribution in [0.5, 0.6) is 0 Å². The fourth-order valence-corrected chi connectivity index (χ4v) is 5.14. The maximum absolute atomic E-state index is 10.3. The molecule has 9 nitrogen and oxygen atoms in total. The van der Waals surface area contributed by atoms with Gasteiger partial charge in [0.1, 0.15) is 6.10 Å². The zero-order valence-electron chi connectivity index (χ0n) is 19.6. The van der Waals surface area contributed by atoms with E-state index in [1.165, 1.54) is 0 Å². The molecule has 2 rings (SSSR count). The number of hydrogen-bond donors (Lipinski definition) is 6. The first-order valence-electron chi connectivity index (χ1n) is 10.7. The van der Waals surface area contributed by atoms with Crippen molar-refractivity contribution in [2.75, 3.05) is 6.61 Å². The van der Waals surface area contributed by atoms with Crippen molar-refractivity contribution < 1.29 is 44.7 Å². The van der Waals surface area contributed by atoms with Crippen molar-refractivity contribution >= 4 is 14.5 Å². The third-order valence-corrected chi connectivity index (χ3v) is 10.9. The first-order chi connectivity index (χ1) is 14.0. The van der Waals surface area contributed by atoms with Gasteiger partial charge in [-0.25, -0.2) is 0 Å². The summed E-state index contributed by atoms with van der Waals surface area (Å²) in [6, 6.07) is 0. The predicted molar refractivity (Wildman–Crippen MR) is 115 cm³/mol. The van der Waals surface area contributed by atoms with Gasteiger partial charge in [-0.2, -0.15) is 9.59 Å². The summed E-state index contributed by atoms with van der Waals surface area (Å²) in [5, 5.41) is 55.6. The Morgan fingerprint density at radius 1 is 1.00 bits per heavy atom. The summed E-state index contributed by atoms with van der Waals surface area (Å²) in [7, 11) is -1.79. The third-order valence-electron chi connectivity index (χ3n) is 6.38. The second kappa shape index (κ2) is 12.5. The SMILES string of the molecule is C[C@H]1C[C@H](O[Si](C)(C)C(C)(C)C)C[C@@](O)(CO)C1.O=C=O.OC1C[C@@H](O)C(O)[C@H](O)C1. The lowest BCUT2D eigenvalue weighted by Gasteiger charge is -2.45. The fraction of sp³-hybridized carbons (Fsp3) is 0.952. The predicted octanol–water partition coefficient (Wildman–Crippen LogP) is 0.560. The van der Waals surface area contributed by atoms with Gasteiger partial charge in [-0.05, 0) is 36.9 Å². The molecule has 0 spiro atoms. The third kappa shape index (κ3) is 10.2. The summed E-state index contributed by atoms with van der Waals surface area (Å²) in [5.41, 5.74) is -0.940. The fourth-order valence-electron chi connectivity index (χ4n) is 3.77. The van der Waals surface area contributed by atoms with Gasteiger partial charge in [-0.1, -0.05) is 27.7 Å². The number of carbonyl (C=O) groups excluding carboxylic acids is 2. The second-order valence-electron chi connectivity index (χ2n) is 10.5. The molecule has 0 aromatic rings. The van der Waals surface area contributed by atoms with E-state index >= 15 is 0 Å². The summed E-state index contributed by atoms with van der Waals surface area (Å²) in [4.78, 5) is 16.2. The molecule has 10 heteroatoms. The Balaban J connectivity index is 0.000000580. The Morgan fingerprint density at radius 2 is 1.45 bits per heavy atom. The number of hydrogen-bond acceptors (Lipinski definition) is 9. The Morgan fingerprint density at radius 3 is 1.84 bits per heavy atom. The summed E-state index contributed by atoms with van der Waals surface area (Å²) in [6.07, 6.45) is -0.868. The molecule has 0 radical (unpaired) electrons. The van der Waals surface area contributed by atoms with Gasteiger partial charge in [0, 0.05) is 25.4 Å². The molecule has 0 bridgehead atoms. The molecular formula is C21H42O9Si. The molecule has 0 aromatic carbocycles. The highest BCUT2D eigenvalue weighted by Crippen LogP contribution is 2.41. The molecule has 0 amide bonds. The Labute approximate surface area is 186 Å². The van der Waals surface area contributed by atoms with Gasteiger partial charge in [0.2, 0.25) is 0 Å². The van der Waals surface area contributed by atoms with Crippen molar-refractivity contribution in [3.05, 3.63) is 0 Å². The van der Waals surface area contributed by atoms with Crippen LogP contribution in [0, 0.1) is 5.92 Å². The van der Waals surface area contributed by atoms with Crippen LogP contribution in [0.4, 0.5) is 0 Å². The second-order valence-corrected chi connectivity index (χ2v) is 15.2. The van der Waals surface area contributed by atoms with Gasteiger partial charge < -0.3 is 35.1 Å². The maximum Gasteiger partial charge on any atom is 0.373 e. The van der Waals surface area contributed by atoms with E-state index < -0.39 is 38.3 Å². The van der Waals surface area contributed by atoms with Crippen molar-refractivity contribution in [2.45, 2.75) is 114 Å². The Kier molecular flexibility index (Phi) is 12.3. The van der Waals surface area contributed by atoms with Gasteiger partial charge in [0.15, 0.2) is 8.32 Å². The van der Waals surface area contributed by atoms with Crippen LogP contribution in [0.2, 0.25) is 18.1 Å². The Hall–Kier alpha value is -0.683. The highest BCUT2D eigenvalue weighted by atomic mass is 28.4. The first kappa shape index (κ1) is 30.3. The van der Waals surface area contributed by atoms with Crippen LogP contribution in [0.1, 0.15) is 59.8 Å². The zero-order chi connectivity index (χ0) is 24.6. The van der Waals surface area contributed by atoms with E-state index in [4.69, 9.17) is 34.4 Å². The van der Waals surface area contributed by atoms with Crippen molar-refractivity contribution in [3.8, 4) is 0 Å². The Bertz CT molecular complexity index is 548. The topological polar surface area (TPSA) is 165 Å². The molecule has 0 aliphatic heterocycles. The van der Waals surface area contributed by atoms with Crippen LogP contribution in [0.25, 0.3) is 0 Å². The normalized spacial score (nSPS) is 36.3. The molecule has 31 heavy (non-hydrogen) atoms. The molecule has 2 aliphatic carbocycles. The molecule has 0 heterocycles. The average molecular weight is 467 g/mol. The molecular weight excluding hydrogens is 424 g/mol. The van der Waals surface area contributed by atoms with E-state index in [1.54, 1.807) is 0 Å². The van der Waals surface area contributed by atoms with Crippen molar-refractivity contribution in [2.24, 2.45) is 5.92 Å². The van der Waals surface area contributed by atoms with E-state index in [0.29, 0.717) is 18.8 Å². The van der Waals surface area contributed by atoms with Gasteiger partial charge in [0.25, 0.3) is 0 Å². The van der Waals surface area contributed by atoms with Crippen molar-refractivity contribution in [1.82, 2.24) is 0 Å². The lowest BCUT2D eigenvalue weighted by Crippen LogP contribution is -2.50. The summed E-state index contributed by atoms with van der Waals surface area (Å²) < 4.78 is 6.38. The van der Waals surface area contributed by atoms with Crippen LogP contribution >= 0.6 is 0 Å². The molecule has 0 aromatic heterocycles. The quantitative estimate of drug-likeness (QED) is 0.326. The van der Waals surface area contributed by atoms with Crippen LogP contribution in [0.3, 0.4) is 0 Å². The van der Waals surface area contributed by atoms with Gasteiger partial charge in [-0.3, -0.25) is 0 Å². The van der Waals surface area contributed by atoms with E-state index in [-0.39, 0.29) is 36.7 Å². The van der Waals surface area contributed by atoms with Crippen LogP contribution in [0.15, 0.2) is 0 Å². The van der Waals surface area contributed by atoms with Gasteiger partial charge in [-0.15, -0.1) is 0 Å². The standard InChI is InChI=1S/C14H30O3Si.C6H12O4.CO2/c1-11-7-12(9-14(16,8-11)10-15)17-18(5,6)13(2,3)4;7-3-1-4(8)6(10)5(9)2-3;2-1-3/h11-12,15-16H,7-10H2,1-6H3;3-10H,1-2H2;/t11-,12-,14+;3?,4-,5-,6?;/m01./s1. The van der Waals surface area contributed by atoms with Crippen molar-refractivity contribution in [1.29, 1.82) is 0 Å². The first-order valence-corrected chi connectivity index (χ1v) is 13.6. The van der Waals surface area contributed by atoms with E-state index in [2.05, 4.69) is 40.8 Å². The van der Waals surface area contributed by atoms with Crippen molar-refractivity contribution in [3.63, 3.8) is 0 Å². The lowest BCUT2D eigenvalue weighted by atomic mass is 9.78. The minimum absolute atomic E-state index is 0.0896. The number of aliphatic hydroxyl groups is 6. The van der Waals surface area contributed by atoms with Crippen LogP contribution in [-0.2, 0) is 14.0 Å². The highest BCUT2D eigenvalue weighted by Gasteiger charge is 2.44. The van der Waals surface area contributed by atoms with E-state index in [1.807, 2.05) is 0 Å². The molecule has 5 atom stereocenters. The monoisotopic (exact) mass is 466 g/mol. The maximum atomic E-state index is 10.3. The molecule has 2 fully saturated rings. The van der Waals surface area contributed by atoms with Gasteiger partial charge in [0.05, 0.1) is 30.5 Å². The average Bonchev–Trinajstić information content (AvgIpc) is 2.58. The molecule has 0 saturated heterocycles. The minimum atomic E-state index is -1.79. The van der Waals surface area contributed by atoms with E-state index in [0.717, 1.165) is 6.42 Å².